The van der Waals surface area contributed by atoms with Crippen LogP contribution in [0, 0.1) is 11.8 Å². The molecule has 2 N–H and O–H groups in total. The zero-order valence-corrected chi connectivity index (χ0v) is 19.5. The average Bonchev–Trinajstić information content (AvgIpc) is 2.95. The summed E-state index contributed by atoms with van der Waals surface area (Å²) in [6, 6.07) is 12.9. The molecule has 1 atom stereocenters. The van der Waals surface area contributed by atoms with Crippen LogP contribution in [-0.4, -0.2) is 52.2 Å². The van der Waals surface area contributed by atoms with E-state index in [-0.39, 0.29) is 18.1 Å². The Kier molecular flexibility index (Phi) is 6.66. The van der Waals surface area contributed by atoms with Gasteiger partial charge in [0, 0.05) is 25.5 Å². The van der Waals surface area contributed by atoms with E-state index < -0.39 is 23.5 Å². The van der Waals surface area contributed by atoms with Crippen molar-refractivity contribution in [2.45, 2.75) is 25.5 Å². The third-order valence-electron chi connectivity index (χ3n) is 4.98. The molecular weight excluding hydrogens is 448 g/mol. The quantitative estimate of drug-likeness (QED) is 0.561. The second-order valence-electron chi connectivity index (χ2n) is 8.35. The predicted octanol–water partition coefficient (Wildman–Crippen LogP) is 2.55. The summed E-state index contributed by atoms with van der Waals surface area (Å²) in [6.45, 7) is 3.00. The largest absolute Gasteiger partial charge is 0.486 e. The minimum Gasteiger partial charge on any atom is -0.486 e. The molecule has 0 bridgehead atoms. The zero-order valence-electron chi connectivity index (χ0n) is 19.5. The Hall–Kier alpha value is -4.42. The molecule has 1 aromatic carbocycles. The number of anilines is 1. The molecule has 3 aromatic rings. The summed E-state index contributed by atoms with van der Waals surface area (Å²) >= 11 is 0. The lowest BCUT2D eigenvalue weighted by Crippen LogP contribution is -2.49. The Bertz CT molecular complexity index is 1310. The Balaban J connectivity index is 1.52. The highest BCUT2D eigenvalue weighted by atomic mass is 16.5. The van der Waals surface area contributed by atoms with Crippen LogP contribution in [-0.2, 0) is 4.79 Å². The molecule has 0 spiro atoms. The second kappa shape index (κ2) is 9.83. The van der Waals surface area contributed by atoms with Gasteiger partial charge in [-0.3, -0.25) is 19.5 Å². The number of nitrogens with zero attached hydrogens (tertiary/aromatic N) is 3. The molecule has 1 aliphatic heterocycles. The monoisotopic (exact) mass is 472 g/mol. The van der Waals surface area contributed by atoms with Gasteiger partial charge in [-0.25, -0.2) is 4.98 Å². The number of aromatic nitrogens is 2. The van der Waals surface area contributed by atoms with Crippen LogP contribution >= 0.6 is 0 Å². The molecule has 1 aliphatic rings. The van der Waals surface area contributed by atoms with Crippen LogP contribution in [0.5, 0.6) is 17.2 Å². The second-order valence-corrected chi connectivity index (χ2v) is 8.35. The van der Waals surface area contributed by atoms with Gasteiger partial charge in [0.05, 0.1) is 5.56 Å². The van der Waals surface area contributed by atoms with Crippen molar-refractivity contribution in [1.29, 1.82) is 0 Å². The van der Waals surface area contributed by atoms with Gasteiger partial charge in [0.1, 0.15) is 35.4 Å². The van der Waals surface area contributed by atoms with E-state index in [0.29, 0.717) is 22.8 Å². The minimum absolute atomic E-state index is 0.0884. The first kappa shape index (κ1) is 23.7. The first-order valence-electron chi connectivity index (χ1n) is 10.9. The molecule has 9 nitrogen and oxygen atoms in total. The van der Waals surface area contributed by atoms with Crippen molar-refractivity contribution in [3.63, 3.8) is 0 Å². The van der Waals surface area contributed by atoms with E-state index in [1.165, 1.54) is 23.4 Å². The van der Waals surface area contributed by atoms with E-state index in [2.05, 4.69) is 27.1 Å². The number of likely N-dealkylation sites (N-methyl/N-ethyl adjacent to an activating group) is 1. The summed E-state index contributed by atoms with van der Waals surface area (Å²) in [5.74, 6) is 6.25. The first-order chi connectivity index (χ1) is 16.7. The highest BCUT2D eigenvalue weighted by Crippen LogP contribution is 2.31. The van der Waals surface area contributed by atoms with E-state index in [0.717, 1.165) is 0 Å². The number of para-hydroxylation sites is 1. The van der Waals surface area contributed by atoms with Gasteiger partial charge in [-0.1, -0.05) is 30.0 Å². The van der Waals surface area contributed by atoms with E-state index in [4.69, 9.17) is 9.47 Å². The van der Waals surface area contributed by atoms with Gasteiger partial charge in [-0.05, 0) is 38.1 Å². The lowest BCUT2D eigenvalue weighted by molar-refractivity contribution is -0.120. The normalized spacial score (nSPS) is 15.1. The molecule has 3 heterocycles. The SMILES string of the molecule is CN1C(=O)C(NC(=O)c2cc(Oc3ccccc3)ccn2)COc2c(C#CC(C)(C)O)ccnc21. The third kappa shape index (κ3) is 5.75. The van der Waals surface area contributed by atoms with Crippen molar-refractivity contribution in [3.8, 4) is 29.1 Å². The predicted molar refractivity (Wildman–Crippen MR) is 128 cm³/mol. The van der Waals surface area contributed by atoms with E-state index in [1.807, 2.05) is 18.2 Å². The fourth-order valence-corrected chi connectivity index (χ4v) is 3.27. The van der Waals surface area contributed by atoms with Crippen LogP contribution in [0.2, 0.25) is 0 Å². The summed E-state index contributed by atoms with van der Waals surface area (Å²) in [6.07, 6.45) is 2.96. The number of fused-ring (bicyclic) bond motifs is 1. The Morgan fingerprint density at radius 1 is 1.17 bits per heavy atom. The van der Waals surface area contributed by atoms with Crippen LogP contribution < -0.4 is 19.7 Å². The highest BCUT2D eigenvalue weighted by Gasteiger charge is 2.33. The molecule has 2 amide bonds. The van der Waals surface area contributed by atoms with Gasteiger partial charge in [-0.2, -0.15) is 0 Å². The molecule has 9 heteroatoms. The molecule has 0 radical (unpaired) electrons. The number of rotatable bonds is 4. The van der Waals surface area contributed by atoms with Crippen LogP contribution in [0.4, 0.5) is 5.82 Å². The van der Waals surface area contributed by atoms with Gasteiger partial charge in [0.25, 0.3) is 11.8 Å². The van der Waals surface area contributed by atoms with E-state index in [9.17, 15) is 14.7 Å². The maximum atomic E-state index is 13.1. The van der Waals surface area contributed by atoms with E-state index >= 15 is 0 Å². The fourth-order valence-electron chi connectivity index (χ4n) is 3.27. The zero-order chi connectivity index (χ0) is 25.0. The number of nitrogens with one attached hydrogen (secondary N) is 1. The number of hydrogen-bond acceptors (Lipinski definition) is 7. The number of ether oxygens (including phenoxy) is 2. The summed E-state index contributed by atoms with van der Waals surface area (Å²) in [4.78, 5) is 35.7. The highest BCUT2D eigenvalue weighted by molar-refractivity contribution is 6.02. The van der Waals surface area contributed by atoms with Crippen molar-refractivity contribution >= 4 is 17.6 Å². The Morgan fingerprint density at radius 3 is 2.66 bits per heavy atom. The lowest BCUT2D eigenvalue weighted by atomic mass is 10.1. The maximum Gasteiger partial charge on any atom is 0.270 e. The molecule has 35 heavy (non-hydrogen) atoms. The number of carbonyl (C=O) groups excluding carboxylic acids is 2. The standard InChI is InChI=1S/C26H24N4O5/c1-26(2,33)12-9-17-10-13-28-23-22(17)34-16-21(25(32)30(23)3)29-24(31)20-15-19(11-14-27-20)35-18-7-5-4-6-8-18/h4-8,10-11,13-15,21,33H,16H2,1-3H3,(H,29,31). The van der Waals surface area contributed by atoms with Crippen molar-refractivity contribution in [3.05, 3.63) is 72.2 Å². The summed E-state index contributed by atoms with van der Waals surface area (Å²) in [5, 5.41) is 12.6. The molecular formula is C26H24N4O5. The van der Waals surface area contributed by atoms with Crippen molar-refractivity contribution in [1.82, 2.24) is 15.3 Å². The summed E-state index contributed by atoms with van der Waals surface area (Å²) < 4.78 is 11.6. The molecule has 1 unspecified atom stereocenters. The smallest absolute Gasteiger partial charge is 0.270 e. The van der Waals surface area contributed by atoms with Crippen molar-refractivity contribution in [2.75, 3.05) is 18.6 Å². The number of hydrogen-bond donors (Lipinski definition) is 2. The molecule has 0 fully saturated rings. The Morgan fingerprint density at radius 2 is 1.91 bits per heavy atom. The molecule has 0 saturated carbocycles. The number of pyridine rings is 2. The minimum atomic E-state index is -1.20. The molecule has 0 aliphatic carbocycles. The van der Waals surface area contributed by atoms with Crippen molar-refractivity contribution < 1.29 is 24.2 Å². The van der Waals surface area contributed by atoms with Gasteiger partial charge >= 0.3 is 0 Å². The third-order valence-corrected chi connectivity index (χ3v) is 4.98. The summed E-state index contributed by atoms with van der Waals surface area (Å²) in [5.41, 5.74) is -0.646. The Labute approximate surface area is 202 Å². The lowest BCUT2D eigenvalue weighted by Gasteiger charge is -2.19. The van der Waals surface area contributed by atoms with Crippen LogP contribution in [0.25, 0.3) is 0 Å². The fraction of sp³-hybridized carbons (Fsp3) is 0.231. The van der Waals surface area contributed by atoms with Crippen LogP contribution in [0.1, 0.15) is 29.9 Å². The van der Waals surface area contributed by atoms with Crippen LogP contribution in [0.15, 0.2) is 60.9 Å². The van der Waals surface area contributed by atoms with Gasteiger partial charge in [0.2, 0.25) is 0 Å². The topological polar surface area (TPSA) is 114 Å². The molecule has 4 rings (SSSR count). The number of carbonyl (C=O) groups is 2. The van der Waals surface area contributed by atoms with Gasteiger partial charge in [0.15, 0.2) is 11.6 Å². The number of benzene rings is 1. The van der Waals surface area contributed by atoms with Crippen molar-refractivity contribution in [2.24, 2.45) is 0 Å². The van der Waals surface area contributed by atoms with Gasteiger partial charge in [-0.15, -0.1) is 0 Å². The first-order valence-corrected chi connectivity index (χ1v) is 10.9. The summed E-state index contributed by atoms with van der Waals surface area (Å²) in [7, 11) is 1.54. The number of aliphatic hydroxyl groups is 1. The molecule has 0 saturated heterocycles. The molecule has 2 aromatic heterocycles. The average molecular weight is 473 g/mol. The number of amides is 2. The van der Waals surface area contributed by atoms with E-state index in [1.54, 1.807) is 45.2 Å². The van der Waals surface area contributed by atoms with Gasteiger partial charge < -0.3 is 19.9 Å². The van der Waals surface area contributed by atoms with Crippen LogP contribution in [0.3, 0.4) is 0 Å². The maximum absolute atomic E-state index is 13.1. The molecule has 178 valence electrons.